The van der Waals surface area contributed by atoms with Crippen LogP contribution in [0, 0.1) is 0 Å². The van der Waals surface area contributed by atoms with Crippen LogP contribution in [0.2, 0.25) is 0 Å². The first kappa shape index (κ1) is 21.7. The lowest BCUT2D eigenvalue weighted by Crippen LogP contribution is -2.11. The Morgan fingerprint density at radius 3 is 2.19 bits per heavy atom. The largest absolute Gasteiger partial charge is 0.326 e. The number of hydrogen-bond donors (Lipinski definition) is 1. The van der Waals surface area contributed by atoms with Gasteiger partial charge < -0.3 is 5.32 Å². The van der Waals surface area contributed by atoms with Crippen LogP contribution in [0.3, 0.4) is 0 Å². The molecule has 1 aromatic carbocycles. The fourth-order valence-electron chi connectivity index (χ4n) is 1.57. The van der Waals surface area contributed by atoms with Crippen LogP contribution in [0.15, 0.2) is 24.3 Å². The maximum absolute atomic E-state index is 11.6. The van der Waals surface area contributed by atoms with Gasteiger partial charge in [-0.15, -0.1) is 0 Å². The first-order valence-electron chi connectivity index (χ1n) is 8.04. The second-order valence-corrected chi connectivity index (χ2v) is 4.14. The molecule has 3 nitrogen and oxygen atoms in total. The average Bonchev–Trinajstić information content (AvgIpc) is 2.52. The summed E-state index contributed by atoms with van der Waals surface area (Å²) >= 11 is 0. The molecule has 0 aliphatic carbocycles. The molecule has 1 aromatic rings. The van der Waals surface area contributed by atoms with Gasteiger partial charge in [0.25, 0.3) is 0 Å². The van der Waals surface area contributed by atoms with Gasteiger partial charge in [0.1, 0.15) is 0 Å². The van der Waals surface area contributed by atoms with Crippen LogP contribution in [-0.4, -0.2) is 11.7 Å². The minimum atomic E-state index is 0.00656. The van der Waals surface area contributed by atoms with Gasteiger partial charge in [0, 0.05) is 17.7 Å². The fraction of sp³-hybridized carbons (Fsp3) is 0.556. The summed E-state index contributed by atoms with van der Waals surface area (Å²) in [7, 11) is 0. The summed E-state index contributed by atoms with van der Waals surface area (Å²) < 4.78 is 0. The number of rotatable bonds is 6. The second kappa shape index (κ2) is 14.8. The molecule has 0 saturated heterocycles. The predicted octanol–water partition coefficient (Wildman–Crippen LogP) is 5.46. The topological polar surface area (TPSA) is 46.2 Å². The van der Waals surface area contributed by atoms with E-state index in [1.54, 1.807) is 24.3 Å². The van der Waals surface area contributed by atoms with E-state index < -0.39 is 0 Å². The average molecular weight is 293 g/mol. The Labute approximate surface area is 130 Å². The highest BCUT2D eigenvalue weighted by Gasteiger charge is 2.04. The van der Waals surface area contributed by atoms with Crippen LogP contribution in [0.1, 0.15) is 77.6 Å². The fourth-order valence-corrected chi connectivity index (χ4v) is 1.57. The van der Waals surface area contributed by atoms with E-state index in [4.69, 9.17) is 0 Å². The summed E-state index contributed by atoms with van der Waals surface area (Å²) in [6, 6.07) is 7.03. The molecule has 0 saturated carbocycles. The molecule has 0 heterocycles. The van der Waals surface area contributed by atoms with E-state index in [1.807, 2.05) is 27.7 Å². The molecule has 1 amide bonds. The normalized spacial score (nSPS) is 8.67. The van der Waals surface area contributed by atoms with Crippen molar-refractivity contribution in [2.24, 2.45) is 0 Å². The van der Waals surface area contributed by atoms with Crippen molar-refractivity contribution in [1.82, 2.24) is 0 Å². The van der Waals surface area contributed by atoms with Crippen LogP contribution < -0.4 is 5.32 Å². The quantitative estimate of drug-likeness (QED) is 0.559. The molecule has 0 spiro atoms. The van der Waals surface area contributed by atoms with E-state index in [1.165, 1.54) is 6.92 Å². The summed E-state index contributed by atoms with van der Waals surface area (Å²) in [4.78, 5) is 22.8. The third-order valence-corrected chi connectivity index (χ3v) is 2.56. The van der Waals surface area contributed by atoms with Gasteiger partial charge in [-0.25, -0.2) is 0 Å². The summed E-state index contributed by atoms with van der Waals surface area (Å²) in [5, 5.41) is 2.80. The Balaban J connectivity index is 0. The Morgan fingerprint density at radius 1 is 1.05 bits per heavy atom. The molecule has 0 atom stereocenters. The zero-order chi connectivity index (χ0) is 16.7. The van der Waals surface area contributed by atoms with Gasteiger partial charge in [-0.2, -0.15) is 0 Å². The van der Waals surface area contributed by atoms with Crippen molar-refractivity contribution in [3.8, 4) is 0 Å². The number of anilines is 1. The van der Waals surface area contributed by atoms with Crippen LogP contribution in [-0.2, 0) is 4.79 Å². The van der Waals surface area contributed by atoms with Crippen LogP contribution >= 0.6 is 0 Å². The van der Waals surface area contributed by atoms with E-state index in [0.717, 1.165) is 19.3 Å². The lowest BCUT2D eigenvalue weighted by molar-refractivity contribution is -0.116. The van der Waals surface area contributed by atoms with Crippen molar-refractivity contribution in [3.63, 3.8) is 0 Å². The van der Waals surface area contributed by atoms with E-state index in [2.05, 4.69) is 12.2 Å². The Morgan fingerprint density at radius 2 is 1.67 bits per heavy atom. The number of nitrogens with one attached hydrogen (secondary N) is 1. The molecule has 0 aliphatic heterocycles. The lowest BCUT2D eigenvalue weighted by atomic mass is 10.1. The molecular weight excluding hydrogens is 262 g/mol. The molecule has 0 fully saturated rings. The molecule has 3 heteroatoms. The highest BCUT2D eigenvalue weighted by atomic mass is 16.1. The van der Waals surface area contributed by atoms with Crippen molar-refractivity contribution >= 4 is 17.4 Å². The maximum atomic E-state index is 11.6. The highest BCUT2D eigenvalue weighted by Crippen LogP contribution is 2.12. The van der Waals surface area contributed by atoms with E-state index in [-0.39, 0.29) is 11.7 Å². The van der Waals surface area contributed by atoms with Gasteiger partial charge in [-0.1, -0.05) is 59.6 Å². The smallest absolute Gasteiger partial charge is 0.224 e. The molecule has 0 unspecified atom stereocenters. The molecule has 120 valence electrons. The zero-order valence-corrected chi connectivity index (χ0v) is 14.5. The number of carbonyl (C=O) groups excluding carboxylic acids is 2. The minimum Gasteiger partial charge on any atom is -0.326 e. The molecule has 0 aromatic heterocycles. The van der Waals surface area contributed by atoms with Crippen molar-refractivity contribution in [1.29, 1.82) is 0 Å². The van der Waals surface area contributed by atoms with Crippen molar-refractivity contribution in [2.75, 3.05) is 5.32 Å². The summed E-state index contributed by atoms with van der Waals surface area (Å²) in [6.45, 7) is 11.6. The number of benzene rings is 1. The third-order valence-electron chi connectivity index (χ3n) is 2.56. The number of unbranched alkanes of at least 4 members (excludes halogenated alkanes) is 2. The Kier molecular flexibility index (Phi) is 15.2. The first-order valence-corrected chi connectivity index (χ1v) is 8.04. The molecule has 1 N–H and O–H groups in total. The maximum Gasteiger partial charge on any atom is 0.224 e. The molecule has 0 aliphatic rings. The SMILES string of the molecule is CC.CC.CCCCCC(=O)Nc1cccc(C(C)=O)c1. The molecule has 21 heavy (non-hydrogen) atoms. The van der Waals surface area contributed by atoms with Gasteiger partial charge in [0.05, 0.1) is 0 Å². The van der Waals surface area contributed by atoms with Crippen molar-refractivity contribution in [2.45, 2.75) is 67.2 Å². The van der Waals surface area contributed by atoms with Gasteiger partial charge >= 0.3 is 0 Å². The summed E-state index contributed by atoms with van der Waals surface area (Å²) in [5.41, 5.74) is 1.32. The van der Waals surface area contributed by atoms with Gasteiger partial charge in [-0.3, -0.25) is 9.59 Å². The van der Waals surface area contributed by atoms with Crippen molar-refractivity contribution < 1.29 is 9.59 Å². The Bertz CT molecular complexity index is 400. The third kappa shape index (κ3) is 10.8. The molecule has 1 rings (SSSR count). The van der Waals surface area contributed by atoms with Crippen LogP contribution in [0.25, 0.3) is 0 Å². The second-order valence-electron chi connectivity index (χ2n) is 4.14. The van der Waals surface area contributed by atoms with Gasteiger partial charge in [0.2, 0.25) is 5.91 Å². The number of hydrogen-bond acceptors (Lipinski definition) is 2. The van der Waals surface area contributed by atoms with E-state index in [0.29, 0.717) is 17.7 Å². The summed E-state index contributed by atoms with van der Waals surface area (Å²) in [6.07, 6.45) is 3.63. The standard InChI is InChI=1S/C14H19NO2.2C2H6/c1-3-4-5-9-14(17)15-13-8-6-7-12(10-13)11(2)16;2*1-2/h6-8,10H,3-5,9H2,1-2H3,(H,15,17);2*1-2H3. The number of ketones is 1. The number of amides is 1. The zero-order valence-electron chi connectivity index (χ0n) is 14.5. The molecular formula is C18H31NO2. The highest BCUT2D eigenvalue weighted by molar-refractivity contribution is 5.97. The monoisotopic (exact) mass is 293 g/mol. The predicted molar refractivity (Wildman–Crippen MR) is 91.9 cm³/mol. The first-order chi connectivity index (χ1) is 10.1. The van der Waals surface area contributed by atoms with Gasteiger partial charge in [-0.05, 0) is 25.5 Å². The minimum absolute atomic E-state index is 0.00656. The van der Waals surface area contributed by atoms with Crippen molar-refractivity contribution in [3.05, 3.63) is 29.8 Å². The summed E-state index contributed by atoms with van der Waals surface area (Å²) in [5.74, 6) is 0.0197. The van der Waals surface area contributed by atoms with Crippen LogP contribution in [0.5, 0.6) is 0 Å². The molecule has 0 bridgehead atoms. The van der Waals surface area contributed by atoms with Crippen LogP contribution in [0.4, 0.5) is 5.69 Å². The Hall–Kier alpha value is -1.64. The van der Waals surface area contributed by atoms with Gasteiger partial charge in [0.15, 0.2) is 5.78 Å². The lowest BCUT2D eigenvalue weighted by Gasteiger charge is -2.06. The number of Topliss-reactive ketones (excluding diaryl/α,β-unsaturated/α-hetero) is 1. The van der Waals surface area contributed by atoms with E-state index >= 15 is 0 Å². The van der Waals surface area contributed by atoms with E-state index in [9.17, 15) is 9.59 Å². The molecule has 0 radical (unpaired) electrons. The number of carbonyl (C=O) groups is 2.